The van der Waals surface area contributed by atoms with Crippen LogP contribution >= 0.6 is 22.7 Å². The molecule has 3 atom stereocenters. The van der Waals surface area contributed by atoms with Gasteiger partial charge in [-0.2, -0.15) is 0 Å². The molecule has 52 heavy (non-hydrogen) atoms. The van der Waals surface area contributed by atoms with Gasteiger partial charge in [0.25, 0.3) is 0 Å². The SMILES string of the molecule is CC(C)c1nc(CN(C)C(=O)NC(Cc2cnc[nH]2)C(=O)NC(CCC(Cc2ccccc2)NC(=O)OCc2cncs2)Cc2ccccc2)cs1. The maximum absolute atomic E-state index is 14.1. The quantitative estimate of drug-likeness (QED) is 0.0829. The van der Waals surface area contributed by atoms with Gasteiger partial charge >= 0.3 is 12.1 Å². The molecule has 0 bridgehead atoms. The van der Waals surface area contributed by atoms with E-state index >= 15 is 0 Å². The van der Waals surface area contributed by atoms with Crippen LogP contribution in [0.1, 0.15) is 65.0 Å². The molecule has 274 valence electrons. The van der Waals surface area contributed by atoms with Crippen molar-refractivity contribution < 1.29 is 19.1 Å². The van der Waals surface area contributed by atoms with Crippen LogP contribution in [0.3, 0.4) is 0 Å². The molecule has 0 aliphatic rings. The molecule has 0 saturated carbocycles. The Morgan fingerprint density at radius 3 is 2.10 bits per heavy atom. The molecule has 3 unspecified atom stereocenters. The van der Waals surface area contributed by atoms with Gasteiger partial charge in [0, 0.05) is 54.9 Å². The summed E-state index contributed by atoms with van der Waals surface area (Å²) >= 11 is 3.00. The fourth-order valence-corrected chi connectivity index (χ4v) is 7.00. The van der Waals surface area contributed by atoms with E-state index in [1.54, 1.807) is 42.6 Å². The predicted octanol–water partition coefficient (Wildman–Crippen LogP) is 6.24. The van der Waals surface area contributed by atoms with Crippen molar-refractivity contribution in [2.75, 3.05) is 7.05 Å². The van der Waals surface area contributed by atoms with Crippen molar-refractivity contribution in [1.82, 2.24) is 40.8 Å². The molecule has 0 fully saturated rings. The van der Waals surface area contributed by atoms with E-state index in [4.69, 9.17) is 4.74 Å². The lowest BCUT2D eigenvalue weighted by atomic mass is 9.95. The van der Waals surface area contributed by atoms with Crippen molar-refractivity contribution in [3.05, 3.63) is 123 Å². The van der Waals surface area contributed by atoms with Crippen molar-refractivity contribution in [2.24, 2.45) is 0 Å². The highest BCUT2D eigenvalue weighted by Gasteiger charge is 2.27. The Balaban J connectivity index is 1.28. The molecule has 0 aliphatic heterocycles. The van der Waals surface area contributed by atoms with Crippen molar-refractivity contribution in [3.8, 4) is 0 Å². The second kappa shape index (κ2) is 19.5. The predicted molar refractivity (Wildman–Crippen MR) is 203 cm³/mol. The zero-order chi connectivity index (χ0) is 36.7. The first-order chi connectivity index (χ1) is 25.2. The molecule has 0 aliphatic carbocycles. The van der Waals surface area contributed by atoms with Crippen LogP contribution < -0.4 is 16.0 Å². The van der Waals surface area contributed by atoms with E-state index < -0.39 is 12.1 Å². The first kappa shape index (κ1) is 38.2. The van der Waals surface area contributed by atoms with Gasteiger partial charge in [-0.15, -0.1) is 22.7 Å². The van der Waals surface area contributed by atoms with E-state index in [-0.39, 0.29) is 37.0 Å². The monoisotopic (exact) mass is 742 g/mol. The smallest absolute Gasteiger partial charge is 0.407 e. The van der Waals surface area contributed by atoms with Gasteiger partial charge in [0.15, 0.2) is 0 Å². The number of urea groups is 1. The number of rotatable bonds is 18. The zero-order valence-electron chi connectivity index (χ0n) is 29.7. The van der Waals surface area contributed by atoms with Gasteiger partial charge in [0.2, 0.25) is 5.91 Å². The Morgan fingerprint density at radius 2 is 1.52 bits per heavy atom. The third kappa shape index (κ3) is 12.3. The van der Waals surface area contributed by atoms with Crippen molar-refractivity contribution in [3.63, 3.8) is 0 Å². The van der Waals surface area contributed by atoms with E-state index in [9.17, 15) is 14.4 Å². The Labute approximate surface area is 312 Å². The van der Waals surface area contributed by atoms with Gasteiger partial charge in [-0.05, 0) is 36.8 Å². The number of carbonyl (C=O) groups excluding carboxylic acids is 3. The average molecular weight is 743 g/mol. The molecule has 0 radical (unpaired) electrons. The van der Waals surface area contributed by atoms with Gasteiger partial charge < -0.3 is 30.6 Å². The Kier molecular flexibility index (Phi) is 14.3. The summed E-state index contributed by atoms with van der Waals surface area (Å²) in [5, 5.41) is 12.2. The number of benzene rings is 2. The molecular formula is C38H46N8O4S2. The van der Waals surface area contributed by atoms with Crippen LogP contribution in [0.15, 0.2) is 90.3 Å². The van der Waals surface area contributed by atoms with Crippen LogP contribution in [0.2, 0.25) is 0 Å². The average Bonchev–Trinajstić information content (AvgIpc) is 3.95. The minimum Gasteiger partial charge on any atom is -0.444 e. The summed E-state index contributed by atoms with van der Waals surface area (Å²) in [6.45, 7) is 4.62. The number of hydrogen-bond donors (Lipinski definition) is 4. The molecule has 12 nitrogen and oxygen atoms in total. The summed E-state index contributed by atoms with van der Waals surface area (Å²) in [5.41, 5.74) is 5.35. The highest BCUT2D eigenvalue weighted by molar-refractivity contribution is 7.09. The second-order valence-corrected chi connectivity index (χ2v) is 14.9. The largest absolute Gasteiger partial charge is 0.444 e. The normalized spacial score (nSPS) is 12.8. The highest BCUT2D eigenvalue weighted by atomic mass is 32.1. The highest BCUT2D eigenvalue weighted by Crippen LogP contribution is 2.20. The molecule has 3 aromatic heterocycles. The maximum Gasteiger partial charge on any atom is 0.407 e. The third-order valence-electron chi connectivity index (χ3n) is 8.41. The van der Waals surface area contributed by atoms with E-state index in [2.05, 4.69) is 49.7 Å². The van der Waals surface area contributed by atoms with E-state index in [0.717, 1.165) is 26.7 Å². The van der Waals surface area contributed by atoms with E-state index in [0.29, 0.717) is 43.8 Å². The number of aromatic nitrogens is 4. The Bertz CT molecular complexity index is 1800. The molecule has 3 heterocycles. The molecule has 4 N–H and O–H groups in total. The lowest BCUT2D eigenvalue weighted by Gasteiger charge is -2.27. The fraction of sp³-hybridized carbons (Fsp3) is 0.368. The number of ether oxygens (including phenoxy) is 1. The van der Waals surface area contributed by atoms with Crippen LogP contribution in [0.25, 0.3) is 0 Å². The number of H-pyrrole nitrogens is 1. The molecule has 2 aromatic carbocycles. The van der Waals surface area contributed by atoms with Gasteiger partial charge in [-0.1, -0.05) is 74.5 Å². The molecule has 0 saturated heterocycles. The number of alkyl carbamates (subject to hydrolysis) is 1. The summed E-state index contributed by atoms with van der Waals surface area (Å²) in [6.07, 6.45) is 6.86. The third-order valence-corrected chi connectivity index (χ3v) is 10.4. The first-order valence-corrected chi connectivity index (χ1v) is 19.1. The van der Waals surface area contributed by atoms with Crippen LogP contribution in [0.5, 0.6) is 0 Å². The van der Waals surface area contributed by atoms with Gasteiger partial charge in [-0.25, -0.2) is 19.6 Å². The van der Waals surface area contributed by atoms with Crippen molar-refractivity contribution in [1.29, 1.82) is 0 Å². The summed E-state index contributed by atoms with van der Waals surface area (Å²) in [4.78, 5) is 58.7. The minimum atomic E-state index is -0.879. The summed E-state index contributed by atoms with van der Waals surface area (Å²) < 4.78 is 5.50. The van der Waals surface area contributed by atoms with Gasteiger partial charge in [-0.3, -0.25) is 9.78 Å². The number of carbonyl (C=O) groups is 3. The van der Waals surface area contributed by atoms with Crippen LogP contribution in [0.4, 0.5) is 9.59 Å². The zero-order valence-corrected chi connectivity index (χ0v) is 31.3. The van der Waals surface area contributed by atoms with Crippen molar-refractivity contribution >= 4 is 40.7 Å². The number of imidazole rings is 1. The molecule has 5 aromatic rings. The number of hydrogen-bond acceptors (Lipinski definition) is 9. The molecule has 0 spiro atoms. The van der Waals surface area contributed by atoms with Gasteiger partial charge in [0.1, 0.15) is 12.6 Å². The number of nitrogens with zero attached hydrogens (tertiary/aromatic N) is 4. The Hall–Kier alpha value is -5.08. The number of thiazole rings is 2. The molecule has 4 amide bonds. The minimum absolute atomic E-state index is 0.142. The molecular weight excluding hydrogens is 697 g/mol. The Morgan fingerprint density at radius 1 is 0.846 bits per heavy atom. The van der Waals surface area contributed by atoms with Crippen molar-refractivity contribution in [2.45, 2.75) is 83.1 Å². The molecule has 14 heteroatoms. The van der Waals surface area contributed by atoms with Crippen LogP contribution in [-0.4, -0.2) is 68.0 Å². The van der Waals surface area contributed by atoms with E-state index in [1.807, 2.05) is 66.0 Å². The lowest BCUT2D eigenvalue weighted by Crippen LogP contribution is -2.53. The standard InChI is InChI=1S/C38H46N8O4S2/c1-26(2)36-43-32(23-51-36)21-46(3)37(48)45-34(18-31-19-39-24-41-31)35(47)42-29(16-27-10-6-4-7-11-27)14-15-30(17-28-12-8-5-9-13-28)44-38(49)50-22-33-20-40-25-52-33/h4-13,19-20,23-26,29-30,34H,14-18,21-22H2,1-3H3,(H,39,41)(H,42,47)(H,44,49)(H,45,48). The van der Waals surface area contributed by atoms with Crippen LogP contribution in [-0.2, 0) is 41.9 Å². The first-order valence-electron chi connectivity index (χ1n) is 17.3. The summed E-state index contributed by atoms with van der Waals surface area (Å²) in [7, 11) is 1.69. The summed E-state index contributed by atoms with van der Waals surface area (Å²) in [5.74, 6) is -0.0128. The molecule has 5 rings (SSSR count). The number of amides is 4. The fourth-order valence-electron chi connectivity index (χ4n) is 5.67. The summed E-state index contributed by atoms with van der Waals surface area (Å²) in [6, 6.07) is 18.1. The van der Waals surface area contributed by atoms with E-state index in [1.165, 1.54) is 16.2 Å². The maximum atomic E-state index is 14.1. The van der Waals surface area contributed by atoms with Crippen LogP contribution in [0, 0.1) is 0 Å². The number of aromatic amines is 1. The topological polar surface area (TPSA) is 154 Å². The lowest BCUT2D eigenvalue weighted by molar-refractivity contribution is -0.123. The second-order valence-electron chi connectivity index (χ2n) is 13.0. The van der Waals surface area contributed by atoms with Gasteiger partial charge in [0.05, 0.1) is 34.0 Å². The number of nitrogens with one attached hydrogen (secondary N) is 4.